The Hall–Kier alpha value is -0.420. The van der Waals surface area contributed by atoms with E-state index in [1.54, 1.807) is 13.2 Å². The molecule has 0 saturated carbocycles. The molecule has 2 atom stereocenters. The van der Waals surface area contributed by atoms with Crippen LogP contribution in [0.25, 0.3) is 0 Å². The van der Waals surface area contributed by atoms with Gasteiger partial charge in [-0.2, -0.15) is 0 Å². The lowest BCUT2D eigenvalue weighted by Gasteiger charge is -2.32. The Balaban J connectivity index is 2.14. The minimum absolute atomic E-state index is 0.179. The van der Waals surface area contributed by atoms with E-state index in [9.17, 15) is 9.00 Å². The number of piperidine rings is 1. The fraction of sp³-hybridized carbons (Fsp3) is 0.917. The van der Waals surface area contributed by atoms with Gasteiger partial charge < -0.3 is 10.2 Å². The summed E-state index contributed by atoms with van der Waals surface area (Å²) in [4.78, 5) is 13.1. The smallest absolute Gasteiger partial charge is 0.219 e. The van der Waals surface area contributed by atoms with Gasteiger partial charge in [0.1, 0.15) is 0 Å². The van der Waals surface area contributed by atoms with Crippen molar-refractivity contribution < 1.29 is 9.00 Å². The first kappa shape index (κ1) is 14.6. The van der Waals surface area contributed by atoms with Gasteiger partial charge in [0.2, 0.25) is 5.91 Å². The molecule has 1 heterocycles. The molecule has 0 aromatic rings. The van der Waals surface area contributed by atoms with Crippen molar-refractivity contribution in [3.05, 3.63) is 0 Å². The average Bonchev–Trinajstić information content (AvgIpc) is 2.29. The molecule has 1 saturated heterocycles. The van der Waals surface area contributed by atoms with Crippen molar-refractivity contribution in [2.45, 2.75) is 44.4 Å². The highest BCUT2D eigenvalue weighted by atomic mass is 32.2. The first-order chi connectivity index (χ1) is 8.00. The Morgan fingerprint density at radius 2 is 2.06 bits per heavy atom. The van der Waals surface area contributed by atoms with Gasteiger partial charge in [-0.05, 0) is 25.8 Å². The van der Waals surface area contributed by atoms with Crippen LogP contribution in [0.3, 0.4) is 0 Å². The van der Waals surface area contributed by atoms with Crippen LogP contribution in [-0.4, -0.2) is 52.2 Å². The summed E-state index contributed by atoms with van der Waals surface area (Å²) < 4.78 is 11.2. The van der Waals surface area contributed by atoms with Crippen molar-refractivity contribution in [2.24, 2.45) is 0 Å². The Kier molecular flexibility index (Phi) is 6.12. The molecule has 0 aromatic carbocycles. The number of likely N-dealkylation sites (tertiary alicyclic amines) is 1. The van der Waals surface area contributed by atoms with Gasteiger partial charge in [-0.1, -0.05) is 6.92 Å². The summed E-state index contributed by atoms with van der Waals surface area (Å²) >= 11 is 0. The number of amides is 1. The molecule has 0 bridgehead atoms. The lowest BCUT2D eigenvalue weighted by molar-refractivity contribution is -0.129. The van der Waals surface area contributed by atoms with Crippen LogP contribution in [0.1, 0.15) is 33.1 Å². The second-order valence-electron chi connectivity index (χ2n) is 4.83. The molecular formula is C12H24N2O2S. The summed E-state index contributed by atoms with van der Waals surface area (Å²) in [5.41, 5.74) is 0. The Morgan fingerprint density at radius 1 is 1.47 bits per heavy atom. The van der Waals surface area contributed by atoms with E-state index < -0.39 is 10.8 Å². The molecule has 4 nitrogen and oxygen atoms in total. The predicted molar refractivity (Wildman–Crippen MR) is 71.4 cm³/mol. The molecule has 1 fully saturated rings. The summed E-state index contributed by atoms with van der Waals surface area (Å²) in [5, 5.41) is 3.76. The van der Waals surface area contributed by atoms with Crippen molar-refractivity contribution in [2.75, 3.05) is 25.9 Å². The van der Waals surface area contributed by atoms with Gasteiger partial charge in [0.25, 0.3) is 0 Å². The lowest BCUT2D eigenvalue weighted by atomic mass is 10.0. The Bertz CT molecular complexity index is 276. The van der Waals surface area contributed by atoms with Crippen molar-refractivity contribution in [3.63, 3.8) is 0 Å². The minimum atomic E-state index is -0.722. The van der Waals surface area contributed by atoms with E-state index >= 15 is 0 Å². The maximum atomic E-state index is 11.2. The maximum absolute atomic E-state index is 11.2. The van der Waals surface area contributed by atoms with Gasteiger partial charge in [0.05, 0.1) is 0 Å². The standard InChI is InChI=1S/C12H24N2O2S/c1-10(17(3)16)4-7-13-12-5-8-14(9-6-12)11(2)15/h10,12-13H,4-9H2,1-3H3. The summed E-state index contributed by atoms with van der Waals surface area (Å²) in [6.45, 7) is 6.30. The number of nitrogens with one attached hydrogen (secondary N) is 1. The van der Waals surface area contributed by atoms with Gasteiger partial charge in [-0.3, -0.25) is 9.00 Å². The van der Waals surface area contributed by atoms with Crippen LogP contribution in [0.2, 0.25) is 0 Å². The highest BCUT2D eigenvalue weighted by molar-refractivity contribution is 7.84. The third-order valence-electron chi connectivity index (χ3n) is 3.49. The van der Waals surface area contributed by atoms with Crippen LogP contribution < -0.4 is 5.32 Å². The van der Waals surface area contributed by atoms with Crippen LogP contribution in [-0.2, 0) is 15.6 Å². The van der Waals surface area contributed by atoms with Crippen molar-refractivity contribution in [3.8, 4) is 0 Å². The molecule has 2 unspecified atom stereocenters. The van der Waals surface area contributed by atoms with Gasteiger partial charge in [0.15, 0.2) is 0 Å². The fourth-order valence-electron chi connectivity index (χ4n) is 2.06. The molecule has 0 radical (unpaired) electrons. The monoisotopic (exact) mass is 260 g/mol. The third kappa shape index (κ3) is 5.17. The van der Waals surface area contributed by atoms with Gasteiger partial charge in [-0.25, -0.2) is 0 Å². The first-order valence-electron chi connectivity index (χ1n) is 6.32. The van der Waals surface area contributed by atoms with Crippen LogP contribution in [0, 0.1) is 0 Å². The fourth-order valence-corrected chi connectivity index (χ4v) is 2.50. The normalized spacial score (nSPS) is 21.2. The van der Waals surface area contributed by atoms with E-state index in [4.69, 9.17) is 0 Å². The molecule has 1 amide bonds. The van der Waals surface area contributed by atoms with Crippen molar-refractivity contribution >= 4 is 16.7 Å². The van der Waals surface area contributed by atoms with Gasteiger partial charge >= 0.3 is 0 Å². The third-order valence-corrected chi connectivity index (χ3v) is 4.86. The SMILES string of the molecule is CC(=O)N1CCC(NCCC(C)S(C)=O)CC1. The predicted octanol–water partition coefficient (Wildman–Crippen LogP) is 0.744. The molecule has 100 valence electrons. The second kappa shape index (κ2) is 7.11. The number of carbonyl (C=O) groups excluding carboxylic acids is 1. The molecule has 0 aromatic heterocycles. The highest BCUT2D eigenvalue weighted by Gasteiger charge is 2.20. The van der Waals surface area contributed by atoms with Crippen LogP contribution in [0.15, 0.2) is 0 Å². The van der Waals surface area contributed by atoms with Crippen LogP contribution >= 0.6 is 0 Å². The molecule has 1 aliphatic heterocycles. The number of carbonyl (C=O) groups is 1. The molecule has 5 heteroatoms. The van der Waals surface area contributed by atoms with Crippen molar-refractivity contribution in [1.82, 2.24) is 10.2 Å². The summed E-state index contributed by atoms with van der Waals surface area (Å²) in [5.74, 6) is 0.179. The largest absolute Gasteiger partial charge is 0.343 e. The first-order valence-corrected chi connectivity index (χ1v) is 7.94. The van der Waals surface area contributed by atoms with E-state index in [-0.39, 0.29) is 11.2 Å². The zero-order valence-corrected chi connectivity index (χ0v) is 11.9. The lowest BCUT2D eigenvalue weighted by Crippen LogP contribution is -2.44. The summed E-state index contributed by atoms with van der Waals surface area (Å²) in [7, 11) is -0.722. The van der Waals surface area contributed by atoms with Gasteiger partial charge in [0, 0.05) is 48.4 Å². The number of hydrogen-bond acceptors (Lipinski definition) is 3. The molecule has 1 N–H and O–H groups in total. The molecule has 0 aliphatic carbocycles. The molecule has 1 rings (SSSR count). The van der Waals surface area contributed by atoms with Crippen molar-refractivity contribution in [1.29, 1.82) is 0 Å². The van der Waals surface area contributed by atoms with Crippen LogP contribution in [0.5, 0.6) is 0 Å². The Morgan fingerprint density at radius 3 is 2.53 bits per heavy atom. The number of hydrogen-bond donors (Lipinski definition) is 1. The molecule has 0 spiro atoms. The average molecular weight is 260 g/mol. The zero-order chi connectivity index (χ0) is 12.8. The van der Waals surface area contributed by atoms with Gasteiger partial charge in [-0.15, -0.1) is 0 Å². The second-order valence-corrected chi connectivity index (χ2v) is 6.63. The molecule has 1 aliphatic rings. The minimum Gasteiger partial charge on any atom is -0.343 e. The summed E-state index contributed by atoms with van der Waals surface area (Å²) in [6.07, 6.45) is 4.78. The highest BCUT2D eigenvalue weighted by Crippen LogP contribution is 2.10. The zero-order valence-electron chi connectivity index (χ0n) is 11.1. The Labute approximate surface area is 107 Å². The molecule has 17 heavy (non-hydrogen) atoms. The molecular weight excluding hydrogens is 236 g/mol. The van der Waals surface area contributed by atoms with E-state index in [0.29, 0.717) is 6.04 Å². The maximum Gasteiger partial charge on any atom is 0.219 e. The quantitative estimate of drug-likeness (QED) is 0.793. The number of nitrogens with zero attached hydrogens (tertiary/aromatic N) is 1. The van der Waals surface area contributed by atoms with E-state index in [0.717, 1.165) is 38.9 Å². The summed E-state index contributed by atoms with van der Waals surface area (Å²) in [6, 6.07) is 0.517. The topological polar surface area (TPSA) is 49.4 Å². The number of rotatable bonds is 5. The van der Waals surface area contributed by atoms with Crippen LogP contribution in [0.4, 0.5) is 0 Å². The van der Waals surface area contributed by atoms with E-state index in [1.807, 2.05) is 11.8 Å². The van der Waals surface area contributed by atoms with E-state index in [2.05, 4.69) is 5.32 Å². The van der Waals surface area contributed by atoms with E-state index in [1.165, 1.54) is 0 Å².